The molecule has 1 aliphatic heterocycles. The molecule has 0 radical (unpaired) electrons. The van der Waals surface area contributed by atoms with E-state index in [4.69, 9.17) is 0 Å². The predicted molar refractivity (Wildman–Crippen MR) is 73.3 cm³/mol. The Morgan fingerprint density at radius 3 is 2.84 bits per heavy atom. The normalized spacial score (nSPS) is 26.4. The van der Waals surface area contributed by atoms with Gasteiger partial charge in [-0.15, -0.1) is 0 Å². The van der Waals surface area contributed by atoms with Gasteiger partial charge in [-0.25, -0.2) is 0 Å². The quantitative estimate of drug-likeness (QED) is 0.889. The third kappa shape index (κ3) is 2.78. The third-order valence-corrected chi connectivity index (χ3v) is 4.16. The number of rotatable bonds is 4. The lowest BCUT2D eigenvalue weighted by Gasteiger charge is -2.26. The molecule has 19 heavy (non-hydrogen) atoms. The molecule has 1 amide bonds. The predicted octanol–water partition coefficient (Wildman–Crippen LogP) is 1.43. The number of hydrogen-bond donors (Lipinski definition) is 1. The molecule has 2 atom stereocenters. The van der Waals surface area contributed by atoms with E-state index in [2.05, 4.69) is 22.1 Å². The monoisotopic (exact) mass is 259 g/mol. The first-order valence-electron chi connectivity index (χ1n) is 7.17. The van der Waals surface area contributed by atoms with Crippen LogP contribution in [0.4, 0.5) is 0 Å². The van der Waals surface area contributed by atoms with Gasteiger partial charge in [-0.1, -0.05) is 13.0 Å². The molecule has 0 bridgehead atoms. The molecular weight excluding hydrogens is 238 g/mol. The number of hydrogen-bond acceptors (Lipinski definition) is 3. The van der Waals surface area contributed by atoms with E-state index in [-0.39, 0.29) is 5.92 Å². The Balaban J connectivity index is 1.72. The molecule has 1 aromatic rings. The maximum atomic E-state index is 12.7. The molecular formula is C15H21N3O. The van der Waals surface area contributed by atoms with E-state index in [1.807, 2.05) is 18.2 Å². The van der Waals surface area contributed by atoms with Crippen molar-refractivity contribution in [3.63, 3.8) is 0 Å². The number of carbonyl (C=O) groups is 1. The van der Waals surface area contributed by atoms with E-state index in [0.29, 0.717) is 24.4 Å². The fourth-order valence-corrected chi connectivity index (χ4v) is 2.79. The van der Waals surface area contributed by atoms with Crippen LogP contribution in [-0.2, 0) is 11.3 Å². The van der Waals surface area contributed by atoms with Gasteiger partial charge in [0.2, 0.25) is 5.91 Å². The zero-order valence-corrected chi connectivity index (χ0v) is 11.4. The molecule has 4 nitrogen and oxygen atoms in total. The van der Waals surface area contributed by atoms with Crippen molar-refractivity contribution in [3.8, 4) is 0 Å². The van der Waals surface area contributed by atoms with Crippen molar-refractivity contribution in [1.82, 2.24) is 15.2 Å². The lowest BCUT2D eigenvalue weighted by Crippen LogP contribution is -2.40. The average Bonchev–Trinajstić information content (AvgIpc) is 3.18. The molecule has 1 saturated heterocycles. The molecule has 102 valence electrons. The fraction of sp³-hybridized carbons (Fsp3) is 0.600. The van der Waals surface area contributed by atoms with Gasteiger partial charge in [-0.2, -0.15) is 0 Å². The van der Waals surface area contributed by atoms with E-state index in [9.17, 15) is 4.79 Å². The second-order valence-corrected chi connectivity index (χ2v) is 5.76. The Hall–Kier alpha value is -1.42. The van der Waals surface area contributed by atoms with Crippen LogP contribution in [0.15, 0.2) is 24.4 Å². The van der Waals surface area contributed by atoms with Crippen LogP contribution in [0.1, 0.15) is 25.5 Å². The fourth-order valence-electron chi connectivity index (χ4n) is 2.79. The number of aromatic nitrogens is 1. The van der Waals surface area contributed by atoms with E-state index in [1.165, 1.54) is 0 Å². The summed E-state index contributed by atoms with van der Waals surface area (Å²) < 4.78 is 0. The lowest BCUT2D eigenvalue weighted by molar-refractivity contribution is -0.137. The van der Waals surface area contributed by atoms with Gasteiger partial charge in [0.1, 0.15) is 0 Å². The van der Waals surface area contributed by atoms with Gasteiger partial charge in [0, 0.05) is 18.8 Å². The highest BCUT2D eigenvalue weighted by molar-refractivity contribution is 5.80. The number of nitrogens with one attached hydrogen (secondary N) is 1. The Labute approximate surface area is 114 Å². The van der Waals surface area contributed by atoms with E-state index < -0.39 is 0 Å². The van der Waals surface area contributed by atoms with Crippen LogP contribution >= 0.6 is 0 Å². The standard InChI is InChI=1S/C15H21N3O/c1-11-8-16-9-14(11)15(19)18(13-5-6-13)10-12-4-2-3-7-17-12/h2-4,7,11,13-14,16H,5-6,8-10H2,1H3. The molecule has 0 spiro atoms. The van der Waals surface area contributed by atoms with Crippen molar-refractivity contribution in [2.45, 2.75) is 32.4 Å². The van der Waals surface area contributed by atoms with Gasteiger partial charge in [0.25, 0.3) is 0 Å². The minimum atomic E-state index is 0.143. The van der Waals surface area contributed by atoms with Gasteiger partial charge >= 0.3 is 0 Å². The molecule has 3 rings (SSSR count). The maximum absolute atomic E-state index is 12.7. The smallest absolute Gasteiger partial charge is 0.227 e. The topological polar surface area (TPSA) is 45.2 Å². The Morgan fingerprint density at radius 2 is 2.26 bits per heavy atom. The van der Waals surface area contributed by atoms with E-state index >= 15 is 0 Å². The van der Waals surface area contributed by atoms with Gasteiger partial charge in [0.15, 0.2) is 0 Å². The molecule has 2 aliphatic rings. The van der Waals surface area contributed by atoms with Crippen LogP contribution in [0.3, 0.4) is 0 Å². The minimum Gasteiger partial charge on any atom is -0.334 e. The Bertz CT molecular complexity index is 444. The van der Waals surface area contributed by atoms with Crippen molar-refractivity contribution in [1.29, 1.82) is 0 Å². The minimum absolute atomic E-state index is 0.143. The summed E-state index contributed by atoms with van der Waals surface area (Å²) >= 11 is 0. The van der Waals surface area contributed by atoms with Crippen LogP contribution in [0.2, 0.25) is 0 Å². The first kappa shape index (κ1) is 12.6. The highest BCUT2D eigenvalue weighted by Crippen LogP contribution is 2.31. The van der Waals surface area contributed by atoms with E-state index in [1.54, 1.807) is 6.20 Å². The molecule has 1 N–H and O–H groups in total. The number of amides is 1. The summed E-state index contributed by atoms with van der Waals surface area (Å²) in [6, 6.07) is 6.34. The zero-order chi connectivity index (χ0) is 13.2. The largest absolute Gasteiger partial charge is 0.334 e. The van der Waals surface area contributed by atoms with Gasteiger partial charge in [-0.3, -0.25) is 9.78 Å². The lowest BCUT2D eigenvalue weighted by atomic mass is 9.96. The third-order valence-electron chi connectivity index (χ3n) is 4.16. The van der Waals surface area contributed by atoms with Crippen molar-refractivity contribution >= 4 is 5.91 Å². The van der Waals surface area contributed by atoms with E-state index in [0.717, 1.165) is 31.6 Å². The van der Waals surface area contributed by atoms with Crippen molar-refractivity contribution < 1.29 is 4.79 Å². The van der Waals surface area contributed by atoms with Gasteiger partial charge in [0.05, 0.1) is 18.2 Å². The van der Waals surface area contributed by atoms with Crippen molar-refractivity contribution in [2.24, 2.45) is 11.8 Å². The van der Waals surface area contributed by atoms with Crippen LogP contribution < -0.4 is 5.32 Å². The second kappa shape index (κ2) is 5.29. The number of pyridine rings is 1. The molecule has 2 unspecified atom stereocenters. The van der Waals surface area contributed by atoms with Crippen LogP contribution in [0.5, 0.6) is 0 Å². The maximum Gasteiger partial charge on any atom is 0.227 e. The average molecular weight is 259 g/mol. The highest BCUT2D eigenvalue weighted by atomic mass is 16.2. The Kier molecular flexibility index (Phi) is 3.51. The molecule has 2 fully saturated rings. The van der Waals surface area contributed by atoms with Crippen molar-refractivity contribution in [2.75, 3.05) is 13.1 Å². The van der Waals surface area contributed by atoms with Crippen LogP contribution in [0.25, 0.3) is 0 Å². The summed E-state index contributed by atoms with van der Waals surface area (Å²) in [6.45, 7) is 4.60. The summed E-state index contributed by atoms with van der Waals surface area (Å²) in [5, 5.41) is 3.32. The first-order valence-corrected chi connectivity index (χ1v) is 7.17. The van der Waals surface area contributed by atoms with Crippen LogP contribution in [0, 0.1) is 11.8 Å². The molecule has 1 saturated carbocycles. The highest BCUT2D eigenvalue weighted by Gasteiger charge is 2.39. The van der Waals surface area contributed by atoms with Gasteiger partial charge < -0.3 is 10.2 Å². The first-order chi connectivity index (χ1) is 9.25. The SMILES string of the molecule is CC1CNCC1C(=O)N(Cc1ccccn1)C1CC1. The number of nitrogens with zero attached hydrogens (tertiary/aromatic N) is 2. The molecule has 1 aliphatic carbocycles. The molecule has 4 heteroatoms. The summed E-state index contributed by atoms with van der Waals surface area (Å²) in [7, 11) is 0. The van der Waals surface area contributed by atoms with Crippen LogP contribution in [-0.4, -0.2) is 34.9 Å². The molecule has 0 aromatic carbocycles. The van der Waals surface area contributed by atoms with Gasteiger partial charge in [-0.05, 0) is 37.4 Å². The summed E-state index contributed by atoms with van der Waals surface area (Å²) in [6.07, 6.45) is 4.09. The molecule has 2 heterocycles. The zero-order valence-electron chi connectivity index (χ0n) is 11.4. The summed E-state index contributed by atoms with van der Waals surface area (Å²) in [5.74, 6) is 0.896. The number of carbonyl (C=O) groups excluding carboxylic acids is 1. The summed E-state index contributed by atoms with van der Waals surface area (Å²) in [4.78, 5) is 19.1. The summed E-state index contributed by atoms with van der Waals surface area (Å²) in [5.41, 5.74) is 0.987. The molecule has 1 aromatic heterocycles. The second-order valence-electron chi connectivity index (χ2n) is 5.76. The van der Waals surface area contributed by atoms with Crippen molar-refractivity contribution in [3.05, 3.63) is 30.1 Å². The Morgan fingerprint density at radius 1 is 1.42 bits per heavy atom.